The highest BCUT2D eigenvalue weighted by molar-refractivity contribution is 5.25. The molecule has 1 saturated carbocycles. The molecule has 20 heavy (non-hydrogen) atoms. The third-order valence-corrected chi connectivity index (χ3v) is 4.00. The van der Waals surface area contributed by atoms with Crippen LogP contribution < -0.4 is 10.6 Å². The topological polar surface area (TPSA) is 72.2 Å². The molecule has 114 valence electrons. The van der Waals surface area contributed by atoms with Gasteiger partial charge < -0.3 is 19.8 Å². The van der Waals surface area contributed by atoms with E-state index in [2.05, 4.69) is 55.4 Å². The maximum atomic E-state index is 5.61. The fourth-order valence-electron chi connectivity index (χ4n) is 2.40. The summed E-state index contributed by atoms with van der Waals surface area (Å²) in [7, 11) is 1.76. The van der Waals surface area contributed by atoms with Gasteiger partial charge in [-0.3, -0.25) is 0 Å². The monoisotopic (exact) mass is 282 g/mol. The second-order valence-electron chi connectivity index (χ2n) is 7.08. The molecule has 6 heteroatoms. The minimum absolute atomic E-state index is 0.0315. The van der Waals surface area contributed by atoms with Crippen LogP contribution in [0.1, 0.15) is 46.9 Å². The van der Waals surface area contributed by atoms with Crippen LogP contribution in [0.5, 0.6) is 0 Å². The van der Waals surface area contributed by atoms with E-state index in [4.69, 9.17) is 9.15 Å². The fourth-order valence-corrected chi connectivity index (χ4v) is 2.40. The average Bonchev–Trinajstić information content (AvgIpc) is 2.78. The summed E-state index contributed by atoms with van der Waals surface area (Å²) in [5.41, 5.74) is 0.108. The Bertz CT molecular complexity index is 450. The lowest BCUT2D eigenvalue weighted by Crippen LogP contribution is -2.57. The van der Waals surface area contributed by atoms with Crippen molar-refractivity contribution in [2.75, 3.05) is 12.4 Å². The largest absolute Gasteiger partial charge is 0.407 e. The van der Waals surface area contributed by atoms with E-state index in [0.717, 1.165) is 6.42 Å². The molecule has 2 unspecified atom stereocenters. The molecule has 1 aromatic heterocycles. The van der Waals surface area contributed by atoms with Crippen LogP contribution in [0.15, 0.2) is 4.42 Å². The molecule has 0 aliphatic heterocycles. The number of hydrogen-bond donors (Lipinski definition) is 2. The Morgan fingerprint density at radius 1 is 1.35 bits per heavy atom. The normalized spacial score (nSPS) is 25.3. The predicted octanol–water partition coefficient (Wildman–Crippen LogP) is 2.18. The van der Waals surface area contributed by atoms with Gasteiger partial charge in [0.2, 0.25) is 5.89 Å². The smallest absolute Gasteiger partial charge is 0.315 e. The summed E-state index contributed by atoms with van der Waals surface area (Å²) >= 11 is 0. The van der Waals surface area contributed by atoms with Gasteiger partial charge in [-0.25, -0.2) is 0 Å². The molecule has 0 bridgehead atoms. The first kappa shape index (κ1) is 15.3. The van der Waals surface area contributed by atoms with Crippen molar-refractivity contribution in [2.45, 2.75) is 65.3 Å². The van der Waals surface area contributed by atoms with E-state index < -0.39 is 0 Å². The Kier molecular flexibility index (Phi) is 4.07. The van der Waals surface area contributed by atoms with Crippen molar-refractivity contribution < 1.29 is 9.15 Å². The van der Waals surface area contributed by atoms with Gasteiger partial charge in [0, 0.05) is 24.1 Å². The highest BCUT2D eigenvalue weighted by Crippen LogP contribution is 2.43. The first-order valence-corrected chi connectivity index (χ1v) is 7.09. The van der Waals surface area contributed by atoms with Gasteiger partial charge >= 0.3 is 6.01 Å². The van der Waals surface area contributed by atoms with E-state index in [1.54, 1.807) is 7.11 Å². The molecule has 1 aliphatic rings. The molecular formula is C14H26N4O2. The Balaban J connectivity index is 1.88. The van der Waals surface area contributed by atoms with Crippen LogP contribution in [-0.4, -0.2) is 35.0 Å². The summed E-state index contributed by atoms with van der Waals surface area (Å²) in [6.45, 7) is 11.2. The number of anilines is 1. The number of ether oxygens (including phenoxy) is 1. The number of hydrogen-bond acceptors (Lipinski definition) is 6. The zero-order chi connectivity index (χ0) is 15.0. The molecule has 1 aromatic rings. The fraction of sp³-hybridized carbons (Fsp3) is 0.857. The van der Waals surface area contributed by atoms with Crippen molar-refractivity contribution in [1.82, 2.24) is 15.5 Å². The van der Waals surface area contributed by atoms with Crippen molar-refractivity contribution in [3.8, 4) is 0 Å². The minimum Gasteiger partial charge on any atom is -0.407 e. The second kappa shape index (κ2) is 5.33. The van der Waals surface area contributed by atoms with Crippen LogP contribution in [0.3, 0.4) is 0 Å². The molecule has 0 aromatic carbocycles. The highest BCUT2D eigenvalue weighted by atomic mass is 16.5. The molecule has 1 aliphatic carbocycles. The van der Waals surface area contributed by atoms with Gasteiger partial charge in [-0.15, -0.1) is 5.10 Å². The molecule has 1 fully saturated rings. The SMILES string of the molecule is COC1CC(Nc2nnc(CNC(C)(C)C)o2)C1(C)C. The summed E-state index contributed by atoms with van der Waals surface area (Å²) in [4.78, 5) is 0. The van der Waals surface area contributed by atoms with Crippen molar-refractivity contribution in [2.24, 2.45) is 5.41 Å². The maximum absolute atomic E-state index is 5.61. The molecule has 2 atom stereocenters. The zero-order valence-electron chi connectivity index (χ0n) is 13.3. The first-order valence-electron chi connectivity index (χ1n) is 7.09. The lowest BCUT2D eigenvalue weighted by atomic mass is 9.64. The Morgan fingerprint density at radius 3 is 2.60 bits per heavy atom. The third kappa shape index (κ3) is 3.30. The molecule has 1 heterocycles. The van der Waals surface area contributed by atoms with Crippen LogP contribution in [0, 0.1) is 5.41 Å². The lowest BCUT2D eigenvalue weighted by molar-refractivity contribution is -0.0800. The first-order chi connectivity index (χ1) is 9.22. The van der Waals surface area contributed by atoms with E-state index in [1.807, 2.05) is 0 Å². The number of nitrogens with zero attached hydrogens (tertiary/aromatic N) is 2. The summed E-state index contributed by atoms with van der Waals surface area (Å²) in [5.74, 6) is 0.600. The van der Waals surface area contributed by atoms with E-state index in [0.29, 0.717) is 24.5 Å². The molecule has 2 rings (SSSR count). The predicted molar refractivity (Wildman–Crippen MR) is 77.5 cm³/mol. The van der Waals surface area contributed by atoms with Crippen LogP contribution >= 0.6 is 0 Å². The number of nitrogens with one attached hydrogen (secondary N) is 2. The lowest BCUT2D eigenvalue weighted by Gasteiger charge is -2.50. The Hall–Kier alpha value is -1.14. The van der Waals surface area contributed by atoms with Crippen LogP contribution in [0.2, 0.25) is 0 Å². The standard InChI is InChI=1S/C14H26N4O2/c1-13(2,3)15-8-11-17-18-12(20-11)16-9-7-10(19-6)14(9,4)5/h9-10,15H,7-8H2,1-6H3,(H,16,18). The Morgan fingerprint density at radius 2 is 2.05 bits per heavy atom. The average molecular weight is 282 g/mol. The summed E-state index contributed by atoms with van der Waals surface area (Å²) in [6, 6.07) is 0.791. The van der Waals surface area contributed by atoms with Crippen molar-refractivity contribution in [3.05, 3.63) is 5.89 Å². The molecule has 2 N–H and O–H groups in total. The molecular weight excluding hydrogens is 256 g/mol. The van der Waals surface area contributed by atoms with E-state index in [1.165, 1.54) is 0 Å². The quantitative estimate of drug-likeness (QED) is 0.862. The number of methoxy groups -OCH3 is 1. The Labute approximate surface area is 120 Å². The van der Waals surface area contributed by atoms with Crippen LogP contribution in [-0.2, 0) is 11.3 Å². The summed E-state index contributed by atoms with van der Waals surface area (Å²) < 4.78 is 11.0. The number of rotatable bonds is 5. The van der Waals surface area contributed by atoms with Crippen molar-refractivity contribution in [3.63, 3.8) is 0 Å². The van der Waals surface area contributed by atoms with Gasteiger partial charge in [0.25, 0.3) is 0 Å². The minimum atomic E-state index is 0.0315. The molecule has 0 spiro atoms. The van der Waals surface area contributed by atoms with Crippen molar-refractivity contribution in [1.29, 1.82) is 0 Å². The van der Waals surface area contributed by atoms with Gasteiger partial charge in [0.1, 0.15) is 0 Å². The van der Waals surface area contributed by atoms with E-state index >= 15 is 0 Å². The zero-order valence-corrected chi connectivity index (χ0v) is 13.3. The van der Waals surface area contributed by atoms with Gasteiger partial charge in [0.05, 0.1) is 12.6 Å². The van der Waals surface area contributed by atoms with Gasteiger partial charge in [-0.05, 0) is 27.2 Å². The van der Waals surface area contributed by atoms with Crippen molar-refractivity contribution >= 4 is 6.01 Å². The highest BCUT2D eigenvalue weighted by Gasteiger charge is 2.49. The number of aromatic nitrogens is 2. The summed E-state index contributed by atoms with van der Waals surface area (Å²) in [5, 5.41) is 14.7. The van der Waals surface area contributed by atoms with Crippen LogP contribution in [0.25, 0.3) is 0 Å². The molecule has 0 saturated heterocycles. The second-order valence-corrected chi connectivity index (χ2v) is 7.08. The van der Waals surface area contributed by atoms with E-state index in [-0.39, 0.29) is 17.1 Å². The van der Waals surface area contributed by atoms with Crippen LogP contribution in [0.4, 0.5) is 6.01 Å². The molecule has 6 nitrogen and oxygen atoms in total. The molecule has 0 amide bonds. The third-order valence-electron chi connectivity index (χ3n) is 4.00. The van der Waals surface area contributed by atoms with E-state index in [9.17, 15) is 0 Å². The summed E-state index contributed by atoms with van der Waals surface area (Å²) in [6.07, 6.45) is 1.24. The van der Waals surface area contributed by atoms with Gasteiger partial charge in [0.15, 0.2) is 0 Å². The van der Waals surface area contributed by atoms with Gasteiger partial charge in [-0.1, -0.05) is 18.9 Å². The maximum Gasteiger partial charge on any atom is 0.315 e. The molecule has 0 radical (unpaired) electrons. The van der Waals surface area contributed by atoms with Gasteiger partial charge in [-0.2, -0.15) is 0 Å².